The zero-order chi connectivity index (χ0) is 16.9. The summed E-state index contributed by atoms with van der Waals surface area (Å²) in [7, 11) is 0. The number of morpholine rings is 1. The van der Waals surface area contributed by atoms with E-state index < -0.39 is 0 Å². The first-order chi connectivity index (χ1) is 11.7. The van der Waals surface area contributed by atoms with Crippen molar-refractivity contribution in [2.45, 2.75) is 0 Å². The van der Waals surface area contributed by atoms with E-state index >= 15 is 0 Å². The lowest BCUT2D eigenvalue weighted by molar-refractivity contribution is -0.136. The number of halogens is 1. The maximum Gasteiger partial charge on any atom is 0.236 e. The molecule has 0 aliphatic carbocycles. The molecule has 1 amide bonds. The molecule has 0 aromatic heterocycles. The van der Waals surface area contributed by atoms with Crippen LogP contribution in [0.25, 0.3) is 0 Å². The van der Waals surface area contributed by atoms with Gasteiger partial charge in [0.2, 0.25) is 5.91 Å². The number of piperazine rings is 1. The summed E-state index contributed by atoms with van der Waals surface area (Å²) in [4.78, 5) is 18.6. The second-order valence-electron chi connectivity index (χ2n) is 6.03. The molecule has 0 N–H and O–H groups in total. The lowest BCUT2D eigenvalue weighted by atomic mass is 10.1. The van der Waals surface area contributed by atoms with E-state index in [0.29, 0.717) is 43.4 Å². The highest BCUT2D eigenvalue weighted by atomic mass is 35.5. The van der Waals surface area contributed by atoms with Gasteiger partial charge in [0.05, 0.1) is 31.0 Å². The molecule has 3 rings (SSSR count). The van der Waals surface area contributed by atoms with E-state index in [4.69, 9.17) is 16.3 Å². The SMILES string of the molecule is N#Cc1cc(Cl)ccc1N1CCN(CC(=O)N2CCOCC2)CC1. The van der Waals surface area contributed by atoms with Crippen LogP contribution in [0, 0.1) is 11.3 Å². The number of ether oxygens (including phenoxy) is 1. The third kappa shape index (κ3) is 3.99. The molecule has 1 aromatic carbocycles. The Labute approximate surface area is 147 Å². The maximum atomic E-state index is 12.3. The van der Waals surface area contributed by atoms with E-state index in [0.717, 1.165) is 31.9 Å². The van der Waals surface area contributed by atoms with Crippen molar-refractivity contribution in [3.8, 4) is 6.07 Å². The number of hydrogen-bond acceptors (Lipinski definition) is 5. The van der Waals surface area contributed by atoms with Crippen molar-refractivity contribution in [3.63, 3.8) is 0 Å². The van der Waals surface area contributed by atoms with Gasteiger partial charge in [0.1, 0.15) is 6.07 Å². The summed E-state index contributed by atoms with van der Waals surface area (Å²) in [6.45, 7) is 6.32. The smallest absolute Gasteiger partial charge is 0.236 e. The van der Waals surface area contributed by atoms with Gasteiger partial charge in [-0.3, -0.25) is 9.69 Å². The van der Waals surface area contributed by atoms with Crippen molar-refractivity contribution in [1.29, 1.82) is 5.26 Å². The lowest BCUT2D eigenvalue weighted by Crippen LogP contribution is -2.51. The second-order valence-corrected chi connectivity index (χ2v) is 6.47. The van der Waals surface area contributed by atoms with Gasteiger partial charge in [0, 0.05) is 44.3 Å². The predicted octanol–water partition coefficient (Wildman–Crippen LogP) is 1.19. The molecule has 1 aromatic rings. The van der Waals surface area contributed by atoms with Crippen LogP contribution in [-0.4, -0.2) is 74.7 Å². The van der Waals surface area contributed by atoms with Crippen LogP contribution < -0.4 is 4.90 Å². The maximum absolute atomic E-state index is 12.3. The fourth-order valence-electron chi connectivity index (χ4n) is 3.12. The van der Waals surface area contributed by atoms with Gasteiger partial charge in [0.25, 0.3) is 0 Å². The summed E-state index contributed by atoms with van der Waals surface area (Å²) < 4.78 is 5.28. The molecule has 2 aliphatic heterocycles. The molecular weight excluding hydrogens is 328 g/mol. The first kappa shape index (κ1) is 17.0. The van der Waals surface area contributed by atoms with E-state index in [1.807, 2.05) is 17.0 Å². The van der Waals surface area contributed by atoms with Gasteiger partial charge in [-0.25, -0.2) is 0 Å². The van der Waals surface area contributed by atoms with E-state index in [1.54, 1.807) is 6.07 Å². The number of rotatable bonds is 3. The van der Waals surface area contributed by atoms with Crippen LogP contribution in [0.5, 0.6) is 0 Å². The summed E-state index contributed by atoms with van der Waals surface area (Å²) in [6, 6.07) is 7.62. The number of nitrogens with zero attached hydrogens (tertiary/aromatic N) is 4. The Kier molecular flexibility index (Phi) is 5.56. The molecule has 7 heteroatoms. The number of anilines is 1. The van der Waals surface area contributed by atoms with Gasteiger partial charge in [-0.1, -0.05) is 11.6 Å². The topological polar surface area (TPSA) is 59.8 Å². The molecule has 0 atom stereocenters. The van der Waals surface area contributed by atoms with Crippen molar-refractivity contribution in [1.82, 2.24) is 9.80 Å². The van der Waals surface area contributed by atoms with Crippen LogP contribution in [0.2, 0.25) is 5.02 Å². The van der Waals surface area contributed by atoms with Crippen molar-refractivity contribution in [3.05, 3.63) is 28.8 Å². The molecule has 0 radical (unpaired) electrons. The number of carbonyl (C=O) groups is 1. The van der Waals surface area contributed by atoms with Crippen molar-refractivity contribution in [2.24, 2.45) is 0 Å². The number of hydrogen-bond donors (Lipinski definition) is 0. The summed E-state index contributed by atoms with van der Waals surface area (Å²) >= 11 is 5.96. The molecule has 0 bridgehead atoms. The molecule has 2 aliphatic rings. The summed E-state index contributed by atoms with van der Waals surface area (Å²) in [5, 5.41) is 9.86. The second kappa shape index (κ2) is 7.84. The van der Waals surface area contributed by atoms with E-state index in [2.05, 4.69) is 15.9 Å². The number of benzene rings is 1. The fourth-order valence-corrected chi connectivity index (χ4v) is 3.30. The average molecular weight is 349 g/mol. The summed E-state index contributed by atoms with van der Waals surface area (Å²) in [6.07, 6.45) is 0. The molecule has 2 fully saturated rings. The molecule has 128 valence electrons. The lowest BCUT2D eigenvalue weighted by Gasteiger charge is -2.37. The number of amides is 1. The van der Waals surface area contributed by atoms with Gasteiger partial charge < -0.3 is 14.5 Å². The molecule has 24 heavy (non-hydrogen) atoms. The highest BCUT2D eigenvalue weighted by molar-refractivity contribution is 6.30. The molecule has 2 heterocycles. The third-order valence-electron chi connectivity index (χ3n) is 4.51. The fraction of sp³-hybridized carbons (Fsp3) is 0.529. The van der Waals surface area contributed by atoms with Gasteiger partial charge in [-0.05, 0) is 18.2 Å². The first-order valence-corrected chi connectivity index (χ1v) is 8.57. The molecule has 0 spiro atoms. The minimum atomic E-state index is 0.177. The van der Waals surface area contributed by atoms with Gasteiger partial charge >= 0.3 is 0 Å². The standard InChI is InChI=1S/C17H21ClN4O2/c18-15-1-2-16(14(11-15)12-19)21-5-3-20(4-6-21)13-17(23)22-7-9-24-10-8-22/h1-2,11H,3-10,13H2. The van der Waals surface area contributed by atoms with Crippen LogP contribution in [0.3, 0.4) is 0 Å². The quantitative estimate of drug-likeness (QED) is 0.821. The number of carbonyl (C=O) groups excluding carboxylic acids is 1. The first-order valence-electron chi connectivity index (χ1n) is 8.20. The normalized spacial score (nSPS) is 19.2. The van der Waals surface area contributed by atoms with Gasteiger partial charge in [-0.2, -0.15) is 5.26 Å². The van der Waals surface area contributed by atoms with Crippen LogP contribution in [0.4, 0.5) is 5.69 Å². The Hall–Kier alpha value is -1.81. The minimum absolute atomic E-state index is 0.177. The van der Waals surface area contributed by atoms with E-state index in [9.17, 15) is 10.1 Å². The summed E-state index contributed by atoms with van der Waals surface area (Å²) in [5.74, 6) is 0.177. The van der Waals surface area contributed by atoms with Crippen molar-refractivity contribution < 1.29 is 9.53 Å². The average Bonchev–Trinajstić information content (AvgIpc) is 2.63. The Morgan fingerprint density at radius 1 is 1.17 bits per heavy atom. The van der Waals surface area contributed by atoms with Crippen LogP contribution in [-0.2, 0) is 9.53 Å². The van der Waals surface area contributed by atoms with Crippen LogP contribution >= 0.6 is 11.6 Å². The monoisotopic (exact) mass is 348 g/mol. The van der Waals surface area contributed by atoms with Gasteiger partial charge in [0.15, 0.2) is 0 Å². The Balaban J connectivity index is 1.54. The Morgan fingerprint density at radius 3 is 2.54 bits per heavy atom. The largest absolute Gasteiger partial charge is 0.378 e. The zero-order valence-corrected chi connectivity index (χ0v) is 14.3. The van der Waals surface area contributed by atoms with Crippen molar-refractivity contribution in [2.75, 3.05) is 63.9 Å². The Bertz CT molecular complexity index is 632. The molecule has 2 saturated heterocycles. The van der Waals surface area contributed by atoms with Crippen LogP contribution in [0.1, 0.15) is 5.56 Å². The predicted molar refractivity (Wildman–Crippen MR) is 92.2 cm³/mol. The zero-order valence-electron chi connectivity index (χ0n) is 13.6. The summed E-state index contributed by atoms with van der Waals surface area (Å²) in [5.41, 5.74) is 1.52. The highest BCUT2D eigenvalue weighted by Crippen LogP contribution is 2.24. The van der Waals surface area contributed by atoms with Crippen molar-refractivity contribution >= 4 is 23.2 Å². The molecule has 6 nitrogen and oxygen atoms in total. The van der Waals surface area contributed by atoms with Crippen LogP contribution in [0.15, 0.2) is 18.2 Å². The molecule has 0 unspecified atom stereocenters. The van der Waals surface area contributed by atoms with Gasteiger partial charge in [-0.15, -0.1) is 0 Å². The van der Waals surface area contributed by atoms with E-state index in [-0.39, 0.29) is 5.91 Å². The highest BCUT2D eigenvalue weighted by Gasteiger charge is 2.24. The minimum Gasteiger partial charge on any atom is -0.378 e. The van der Waals surface area contributed by atoms with E-state index in [1.165, 1.54) is 0 Å². The molecular formula is C17H21ClN4O2. The third-order valence-corrected chi connectivity index (χ3v) is 4.75. The Morgan fingerprint density at radius 2 is 1.88 bits per heavy atom. The number of nitriles is 1. The molecule has 0 saturated carbocycles.